The third kappa shape index (κ3) is 27.7. The van der Waals surface area contributed by atoms with Gasteiger partial charge >= 0.3 is 0 Å². The van der Waals surface area contributed by atoms with Crippen molar-refractivity contribution in [3.63, 3.8) is 0 Å². The maximum absolute atomic E-state index is 7.86. The smallest absolute Gasteiger partial charge is 0.0820 e. The summed E-state index contributed by atoms with van der Waals surface area (Å²) in [4.78, 5) is 0. The summed E-state index contributed by atoms with van der Waals surface area (Å²) in [6.45, 7) is 30.1. The summed E-state index contributed by atoms with van der Waals surface area (Å²) in [7, 11) is 0. The van der Waals surface area contributed by atoms with Crippen molar-refractivity contribution in [3.8, 4) is 0 Å². The zero-order valence-corrected chi connectivity index (χ0v) is 22.3. The maximum Gasteiger partial charge on any atom is 0.0820 e. The van der Waals surface area contributed by atoms with Crippen molar-refractivity contribution < 1.29 is 5.11 Å². The van der Waals surface area contributed by atoms with E-state index in [9.17, 15) is 0 Å². The van der Waals surface area contributed by atoms with Gasteiger partial charge in [-0.05, 0) is 36.3 Å². The predicted molar refractivity (Wildman–Crippen MR) is 144 cm³/mol. The minimum Gasteiger partial charge on any atom is -0.513 e. The minimum absolute atomic E-state index is 0.167. The van der Waals surface area contributed by atoms with Gasteiger partial charge in [0.1, 0.15) is 0 Å². The molecule has 176 valence electrons. The Kier molecular flexibility index (Phi) is 21.2. The molecular weight excluding hydrogens is 376 g/mol. The highest BCUT2D eigenvalue weighted by molar-refractivity contribution is 5.39. The molecule has 31 heavy (non-hydrogen) atoms. The lowest BCUT2D eigenvalue weighted by Gasteiger charge is -2.18. The first-order valence-corrected chi connectivity index (χ1v) is 11.4. The van der Waals surface area contributed by atoms with Crippen LogP contribution < -0.4 is 0 Å². The number of rotatable bonds is 3. The fraction of sp³-hybridized carbons (Fsp3) is 0.467. The first-order chi connectivity index (χ1) is 14.3. The van der Waals surface area contributed by atoms with Gasteiger partial charge in [-0.2, -0.15) is 0 Å². The van der Waals surface area contributed by atoms with Crippen molar-refractivity contribution in [2.75, 3.05) is 0 Å². The summed E-state index contributed by atoms with van der Waals surface area (Å²) in [5, 5.41) is 7.86. The molecule has 1 nitrogen and oxygen atoms in total. The van der Waals surface area contributed by atoms with Crippen LogP contribution in [0.25, 0.3) is 0 Å². The van der Waals surface area contributed by atoms with Gasteiger partial charge in [0.05, 0.1) is 5.76 Å². The molecule has 2 rings (SSSR count). The second-order valence-corrected chi connectivity index (χ2v) is 9.57. The molecule has 0 spiro atoms. The van der Waals surface area contributed by atoms with Gasteiger partial charge in [-0.1, -0.05) is 142 Å². The zero-order chi connectivity index (χ0) is 25.0. The molecule has 0 aliphatic heterocycles. The standard InChI is InChI=1S/C16H16.C5H12.C4H10.C3H6O.C2H6/c1-13(2)16(14-9-5-3-6-10-14)15-11-7-4-8-12-15;1-5(2,3)4;1-4(2)3;1-3(2)4;1-2/h3-12,16H,1H2,2H3;1-4H3;4H,1-3H3;4H,1H2,2H3;1-2H3. The average molecular weight is 427 g/mol. The Balaban J connectivity index is -0.000000432. The molecule has 0 heterocycles. The largest absolute Gasteiger partial charge is 0.513 e. The average Bonchev–Trinajstić information content (AvgIpc) is 2.63. The van der Waals surface area contributed by atoms with Crippen molar-refractivity contribution >= 4 is 0 Å². The van der Waals surface area contributed by atoms with Crippen LogP contribution in [0.2, 0.25) is 0 Å². The van der Waals surface area contributed by atoms with E-state index in [2.05, 4.69) is 117 Å². The molecule has 1 N–H and O–H groups in total. The Morgan fingerprint density at radius 3 is 1.06 bits per heavy atom. The summed E-state index contributed by atoms with van der Waals surface area (Å²) in [5.41, 5.74) is 4.29. The second-order valence-electron chi connectivity index (χ2n) is 9.57. The molecule has 0 radical (unpaired) electrons. The van der Waals surface area contributed by atoms with Gasteiger partial charge < -0.3 is 5.11 Å². The Hall–Kier alpha value is -2.28. The molecular formula is C30H50O. The molecule has 0 aliphatic carbocycles. The van der Waals surface area contributed by atoms with Crippen molar-refractivity contribution in [1.82, 2.24) is 0 Å². The molecule has 0 saturated carbocycles. The lowest BCUT2D eigenvalue weighted by Crippen LogP contribution is -2.01. The molecule has 2 aromatic carbocycles. The molecule has 0 atom stereocenters. The maximum atomic E-state index is 7.86. The van der Waals surface area contributed by atoms with E-state index >= 15 is 0 Å². The predicted octanol–water partition coefficient (Wildman–Crippen LogP) is 10.2. The summed E-state index contributed by atoms with van der Waals surface area (Å²) < 4.78 is 0. The quantitative estimate of drug-likeness (QED) is 0.382. The lowest BCUT2D eigenvalue weighted by atomic mass is 9.86. The lowest BCUT2D eigenvalue weighted by molar-refractivity contribution is 0.417. The molecule has 0 amide bonds. The molecule has 2 aromatic rings. The SMILES string of the molecule is C=C(C)C(c1ccccc1)c1ccccc1.C=C(C)O.CC.CC(C)(C)C.CC(C)C. The number of hydrogen-bond donors (Lipinski definition) is 1. The normalized spacial score (nSPS) is 9.45. The molecule has 0 unspecified atom stereocenters. The first kappa shape index (κ1) is 33.4. The van der Waals surface area contributed by atoms with Crippen LogP contribution in [0.15, 0.2) is 85.2 Å². The van der Waals surface area contributed by atoms with Crippen LogP contribution in [-0.2, 0) is 0 Å². The number of aliphatic hydroxyl groups is 1. The monoisotopic (exact) mass is 426 g/mol. The van der Waals surface area contributed by atoms with E-state index in [1.54, 1.807) is 0 Å². The minimum atomic E-state index is 0.167. The van der Waals surface area contributed by atoms with E-state index in [-0.39, 0.29) is 5.76 Å². The van der Waals surface area contributed by atoms with Crippen molar-refractivity contribution in [3.05, 3.63) is 96.3 Å². The Morgan fingerprint density at radius 1 is 0.710 bits per heavy atom. The Labute approximate surface area is 194 Å². The number of hydrogen-bond acceptors (Lipinski definition) is 1. The van der Waals surface area contributed by atoms with Crippen LogP contribution in [-0.4, -0.2) is 5.11 Å². The van der Waals surface area contributed by atoms with E-state index in [4.69, 9.17) is 5.11 Å². The van der Waals surface area contributed by atoms with Gasteiger partial charge in [-0.3, -0.25) is 0 Å². The molecule has 0 aliphatic rings. The first-order valence-electron chi connectivity index (χ1n) is 11.4. The van der Waals surface area contributed by atoms with Gasteiger partial charge in [-0.25, -0.2) is 0 Å². The zero-order valence-electron chi connectivity index (χ0n) is 22.3. The summed E-state index contributed by atoms with van der Waals surface area (Å²) in [6, 6.07) is 21.0. The van der Waals surface area contributed by atoms with Crippen LogP contribution in [0, 0.1) is 11.3 Å². The highest BCUT2D eigenvalue weighted by Gasteiger charge is 2.13. The van der Waals surface area contributed by atoms with Gasteiger partial charge in [0, 0.05) is 5.92 Å². The molecule has 0 bridgehead atoms. The number of benzene rings is 2. The van der Waals surface area contributed by atoms with Crippen LogP contribution in [0.1, 0.15) is 93.2 Å². The van der Waals surface area contributed by atoms with Gasteiger partial charge in [0.25, 0.3) is 0 Å². The van der Waals surface area contributed by atoms with Crippen LogP contribution in [0.5, 0.6) is 0 Å². The van der Waals surface area contributed by atoms with E-state index in [1.807, 2.05) is 26.0 Å². The third-order valence-corrected chi connectivity index (χ3v) is 2.76. The van der Waals surface area contributed by atoms with Gasteiger partial charge in [0.2, 0.25) is 0 Å². The topological polar surface area (TPSA) is 20.2 Å². The van der Waals surface area contributed by atoms with Crippen molar-refractivity contribution in [1.29, 1.82) is 0 Å². The van der Waals surface area contributed by atoms with Crippen LogP contribution >= 0.6 is 0 Å². The Bertz CT molecular complexity index is 608. The fourth-order valence-electron chi connectivity index (χ4n) is 2.05. The highest BCUT2D eigenvalue weighted by atomic mass is 16.3. The molecule has 0 fully saturated rings. The summed E-state index contributed by atoms with van der Waals surface area (Å²) >= 11 is 0. The van der Waals surface area contributed by atoms with Crippen LogP contribution in [0.4, 0.5) is 0 Å². The summed E-state index contributed by atoms with van der Waals surface area (Å²) in [5.74, 6) is 1.31. The van der Waals surface area contributed by atoms with Gasteiger partial charge in [-0.15, -0.1) is 0 Å². The van der Waals surface area contributed by atoms with Gasteiger partial charge in [0.15, 0.2) is 0 Å². The van der Waals surface area contributed by atoms with E-state index in [0.717, 1.165) is 5.92 Å². The van der Waals surface area contributed by atoms with E-state index in [1.165, 1.54) is 23.6 Å². The third-order valence-electron chi connectivity index (χ3n) is 2.76. The van der Waals surface area contributed by atoms with Crippen molar-refractivity contribution in [2.45, 2.75) is 82.1 Å². The second kappa shape index (κ2) is 19.7. The molecule has 0 saturated heterocycles. The fourth-order valence-corrected chi connectivity index (χ4v) is 2.05. The summed E-state index contributed by atoms with van der Waals surface area (Å²) in [6.07, 6.45) is 0. The number of aliphatic hydroxyl groups excluding tert-OH is 1. The van der Waals surface area contributed by atoms with E-state index < -0.39 is 0 Å². The number of allylic oxidation sites excluding steroid dienone is 2. The molecule has 0 aromatic heterocycles. The highest BCUT2D eigenvalue weighted by Crippen LogP contribution is 2.30. The van der Waals surface area contributed by atoms with Crippen molar-refractivity contribution in [2.24, 2.45) is 11.3 Å². The van der Waals surface area contributed by atoms with Crippen LogP contribution in [0.3, 0.4) is 0 Å². The molecule has 1 heteroatoms. The Morgan fingerprint density at radius 2 is 0.903 bits per heavy atom. The van der Waals surface area contributed by atoms with E-state index in [0.29, 0.717) is 11.3 Å².